The standard InChI is InChI=1S/C12H8Cl2N2O4/c13-7-2-4-9(14)16-10(7)11(17)15-5-6-1-3-8(20-6)12(18)19/h1-4H,5H2,(H,15,17)(H,18,19). The molecule has 20 heavy (non-hydrogen) atoms. The summed E-state index contributed by atoms with van der Waals surface area (Å²) in [6, 6.07) is 5.68. The quantitative estimate of drug-likeness (QED) is 0.846. The van der Waals surface area contributed by atoms with E-state index in [-0.39, 0.29) is 28.2 Å². The van der Waals surface area contributed by atoms with Gasteiger partial charge in [0.25, 0.3) is 5.91 Å². The highest BCUT2D eigenvalue weighted by atomic mass is 35.5. The van der Waals surface area contributed by atoms with Crippen LogP contribution in [0.4, 0.5) is 0 Å². The van der Waals surface area contributed by atoms with E-state index in [4.69, 9.17) is 32.7 Å². The number of nitrogens with one attached hydrogen (secondary N) is 1. The number of carboxylic acids is 1. The Morgan fingerprint density at radius 3 is 2.65 bits per heavy atom. The van der Waals surface area contributed by atoms with E-state index in [1.807, 2.05) is 0 Å². The molecule has 0 spiro atoms. The number of hydrogen-bond donors (Lipinski definition) is 2. The van der Waals surface area contributed by atoms with Gasteiger partial charge in [-0.2, -0.15) is 0 Å². The predicted molar refractivity (Wildman–Crippen MR) is 71.1 cm³/mol. The van der Waals surface area contributed by atoms with E-state index in [0.29, 0.717) is 5.76 Å². The molecule has 0 aliphatic carbocycles. The van der Waals surface area contributed by atoms with Gasteiger partial charge in [0.2, 0.25) is 5.76 Å². The maximum atomic E-state index is 11.9. The highest BCUT2D eigenvalue weighted by molar-refractivity contribution is 6.34. The van der Waals surface area contributed by atoms with Gasteiger partial charge in [-0.15, -0.1) is 0 Å². The van der Waals surface area contributed by atoms with E-state index in [1.165, 1.54) is 24.3 Å². The summed E-state index contributed by atoms with van der Waals surface area (Å²) in [6.07, 6.45) is 0. The second kappa shape index (κ2) is 5.94. The summed E-state index contributed by atoms with van der Waals surface area (Å²) in [5, 5.41) is 11.5. The first-order valence-electron chi connectivity index (χ1n) is 5.39. The summed E-state index contributed by atoms with van der Waals surface area (Å²) in [6.45, 7) is 0.0106. The molecule has 0 fully saturated rings. The van der Waals surface area contributed by atoms with Crippen LogP contribution in [0, 0.1) is 0 Å². The number of nitrogens with zero attached hydrogens (tertiary/aromatic N) is 1. The zero-order valence-corrected chi connectivity index (χ0v) is 11.4. The molecule has 2 aromatic heterocycles. The molecule has 0 aliphatic rings. The summed E-state index contributed by atoms with van der Waals surface area (Å²) in [4.78, 5) is 26.3. The van der Waals surface area contributed by atoms with Crippen molar-refractivity contribution in [2.75, 3.05) is 0 Å². The van der Waals surface area contributed by atoms with Gasteiger partial charge in [-0.05, 0) is 24.3 Å². The van der Waals surface area contributed by atoms with Gasteiger partial charge >= 0.3 is 5.97 Å². The highest BCUT2D eigenvalue weighted by Crippen LogP contribution is 2.17. The number of carboxylic acid groups (broad SMARTS) is 1. The van der Waals surface area contributed by atoms with Crippen molar-refractivity contribution in [3.05, 3.63) is 51.7 Å². The molecule has 6 nitrogen and oxygen atoms in total. The van der Waals surface area contributed by atoms with Crippen molar-refractivity contribution in [2.45, 2.75) is 6.54 Å². The number of carbonyl (C=O) groups excluding carboxylic acids is 1. The molecule has 8 heteroatoms. The van der Waals surface area contributed by atoms with Crippen LogP contribution in [0.15, 0.2) is 28.7 Å². The second-order valence-electron chi connectivity index (χ2n) is 3.72. The third-order valence-electron chi connectivity index (χ3n) is 2.32. The molecular weight excluding hydrogens is 307 g/mol. The fourth-order valence-electron chi connectivity index (χ4n) is 1.42. The number of pyridine rings is 1. The van der Waals surface area contributed by atoms with Gasteiger partial charge in [-0.3, -0.25) is 4.79 Å². The topological polar surface area (TPSA) is 92.4 Å². The van der Waals surface area contributed by atoms with Gasteiger partial charge in [0.15, 0.2) is 0 Å². The van der Waals surface area contributed by atoms with Crippen molar-refractivity contribution in [1.29, 1.82) is 0 Å². The predicted octanol–water partition coefficient (Wildman–Crippen LogP) is 2.61. The number of rotatable bonds is 4. The van der Waals surface area contributed by atoms with Crippen molar-refractivity contribution in [3.8, 4) is 0 Å². The molecule has 0 unspecified atom stereocenters. The number of amides is 1. The Balaban J connectivity index is 2.04. The third-order valence-corrected chi connectivity index (χ3v) is 2.84. The zero-order valence-electron chi connectivity index (χ0n) is 9.89. The molecule has 1 amide bonds. The van der Waals surface area contributed by atoms with Crippen LogP contribution in [0.5, 0.6) is 0 Å². The number of aromatic nitrogens is 1. The molecule has 0 atom stereocenters. The summed E-state index contributed by atoms with van der Waals surface area (Å²) >= 11 is 11.5. The Labute approximate surface area is 123 Å². The van der Waals surface area contributed by atoms with Crippen molar-refractivity contribution in [2.24, 2.45) is 0 Å². The van der Waals surface area contributed by atoms with E-state index in [2.05, 4.69) is 10.3 Å². The minimum atomic E-state index is -1.18. The minimum absolute atomic E-state index is 0.0100. The normalized spacial score (nSPS) is 10.3. The van der Waals surface area contributed by atoms with Crippen LogP contribution >= 0.6 is 23.2 Å². The van der Waals surface area contributed by atoms with Crippen LogP contribution in [0.1, 0.15) is 26.8 Å². The monoisotopic (exact) mass is 314 g/mol. The Morgan fingerprint density at radius 2 is 2.00 bits per heavy atom. The highest BCUT2D eigenvalue weighted by Gasteiger charge is 2.14. The van der Waals surface area contributed by atoms with E-state index < -0.39 is 11.9 Å². The summed E-state index contributed by atoms with van der Waals surface area (Å²) in [5.74, 6) is -1.62. The summed E-state index contributed by atoms with van der Waals surface area (Å²) in [5.41, 5.74) is -0.0100. The average Bonchev–Trinajstić information content (AvgIpc) is 2.88. The zero-order chi connectivity index (χ0) is 14.7. The third kappa shape index (κ3) is 3.28. The van der Waals surface area contributed by atoms with Crippen LogP contribution in [0.25, 0.3) is 0 Å². The van der Waals surface area contributed by atoms with E-state index in [0.717, 1.165) is 0 Å². The first-order valence-corrected chi connectivity index (χ1v) is 6.15. The number of aromatic carboxylic acids is 1. The Bertz CT molecular complexity index is 669. The molecule has 104 valence electrons. The lowest BCUT2D eigenvalue weighted by atomic mass is 10.3. The largest absolute Gasteiger partial charge is 0.475 e. The summed E-state index contributed by atoms with van der Waals surface area (Å²) in [7, 11) is 0. The van der Waals surface area contributed by atoms with E-state index >= 15 is 0 Å². The molecule has 2 aromatic rings. The Morgan fingerprint density at radius 1 is 1.25 bits per heavy atom. The molecule has 0 radical (unpaired) electrons. The lowest BCUT2D eigenvalue weighted by molar-refractivity contribution is 0.0660. The van der Waals surface area contributed by atoms with Gasteiger partial charge in [-0.25, -0.2) is 9.78 Å². The van der Waals surface area contributed by atoms with Gasteiger partial charge in [0.05, 0.1) is 11.6 Å². The Hall–Kier alpha value is -2.05. The van der Waals surface area contributed by atoms with Crippen molar-refractivity contribution in [3.63, 3.8) is 0 Å². The minimum Gasteiger partial charge on any atom is -0.475 e. The molecule has 2 heterocycles. The molecule has 0 saturated carbocycles. The van der Waals surface area contributed by atoms with Crippen LogP contribution < -0.4 is 5.32 Å². The van der Waals surface area contributed by atoms with Gasteiger partial charge in [-0.1, -0.05) is 23.2 Å². The molecule has 0 aliphatic heterocycles. The Kier molecular flexibility index (Phi) is 4.26. The van der Waals surface area contributed by atoms with Gasteiger partial charge in [0.1, 0.15) is 16.6 Å². The maximum Gasteiger partial charge on any atom is 0.371 e. The summed E-state index contributed by atoms with van der Waals surface area (Å²) < 4.78 is 4.99. The number of halogens is 2. The number of furan rings is 1. The number of hydrogen-bond acceptors (Lipinski definition) is 4. The van der Waals surface area contributed by atoms with Crippen LogP contribution in [-0.4, -0.2) is 22.0 Å². The molecule has 0 aromatic carbocycles. The van der Waals surface area contributed by atoms with Gasteiger partial charge < -0.3 is 14.8 Å². The first kappa shape index (κ1) is 14.4. The second-order valence-corrected chi connectivity index (χ2v) is 4.51. The maximum absolute atomic E-state index is 11.9. The van der Waals surface area contributed by atoms with E-state index in [9.17, 15) is 9.59 Å². The fraction of sp³-hybridized carbons (Fsp3) is 0.0833. The molecule has 0 saturated heterocycles. The van der Waals surface area contributed by atoms with Crippen molar-refractivity contribution in [1.82, 2.24) is 10.3 Å². The molecular formula is C12H8Cl2N2O4. The average molecular weight is 315 g/mol. The van der Waals surface area contributed by atoms with Crippen LogP contribution in [0.2, 0.25) is 10.2 Å². The lowest BCUT2D eigenvalue weighted by Gasteiger charge is -2.04. The van der Waals surface area contributed by atoms with Crippen LogP contribution in [0.3, 0.4) is 0 Å². The molecule has 2 rings (SSSR count). The van der Waals surface area contributed by atoms with E-state index in [1.54, 1.807) is 0 Å². The van der Waals surface area contributed by atoms with Crippen LogP contribution in [-0.2, 0) is 6.54 Å². The lowest BCUT2D eigenvalue weighted by Crippen LogP contribution is -2.24. The van der Waals surface area contributed by atoms with Gasteiger partial charge in [0, 0.05) is 0 Å². The molecule has 0 bridgehead atoms. The smallest absolute Gasteiger partial charge is 0.371 e. The van der Waals surface area contributed by atoms with Crippen molar-refractivity contribution < 1.29 is 19.1 Å². The fourth-order valence-corrected chi connectivity index (χ4v) is 1.76. The first-order chi connectivity index (χ1) is 9.47. The number of carbonyl (C=O) groups is 2. The SMILES string of the molecule is O=C(O)c1ccc(CNC(=O)c2nc(Cl)ccc2Cl)o1. The van der Waals surface area contributed by atoms with Crippen molar-refractivity contribution >= 4 is 35.1 Å². The molecule has 2 N–H and O–H groups in total.